The fraction of sp³-hybridized carbons (Fsp3) is 1.00. The molecule has 0 aromatic carbocycles. The third-order valence-corrected chi connectivity index (χ3v) is 3.88. The van der Waals surface area contributed by atoms with E-state index >= 15 is 0 Å². The second-order valence-electron chi connectivity index (χ2n) is 7.06. The van der Waals surface area contributed by atoms with Crippen LogP contribution in [0.15, 0.2) is 0 Å². The topological polar surface area (TPSA) is 15.3 Å². The Morgan fingerprint density at radius 2 is 1.71 bits per heavy atom. The molecule has 1 fully saturated rings. The van der Waals surface area contributed by atoms with Crippen LogP contribution >= 0.6 is 0 Å². The predicted octanol–water partition coefficient (Wildman–Crippen LogP) is 3.27. The van der Waals surface area contributed by atoms with Gasteiger partial charge in [0.1, 0.15) is 0 Å². The summed E-state index contributed by atoms with van der Waals surface area (Å²) >= 11 is 0. The first-order valence-corrected chi connectivity index (χ1v) is 7.30. The van der Waals surface area contributed by atoms with Gasteiger partial charge in [0, 0.05) is 24.2 Å². The summed E-state index contributed by atoms with van der Waals surface area (Å²) in [5.41, 5.74) is 0.243. The van der Waals surface area contributed by atoms with Crippen molar-refractivity contribution < 1.29 is 0 Å². The maximum atomic E-state index is 3.61. The van der Waals surface area contributed by atoms with E-state index in [0.717, 1.165) is 24.5 Å². The van der Waals surface area contributed by atoms with E-state index in [1.807, 2.05) is 0 Å². The molecule has 0 aromatic heterocycles. The first-order valence-electron chi connectivity index (χ1n) is 7.30. The van der Waals surface area contributed by atoms with E-state index in [1.54, 1.807) is 0 Å². The third-order valence-electron chi connectivity index (χ3n) is 3.88. The maximum absolute atomic E-state index is 3.61. The molecule has 1 N–H and O–H groups in total. The Morgan fingerprint density at radius 1 is 1.18 bits per heavy atom. The monoisotopic (exact) mass is 240 g/mol. The highest BCUT2D eigenvalue weighted by molar-refractivity contribution is 4.81. The number of hydrogen-bond donors (Lipinski definition) is 1. The molecule has 0 spiro atoms. The minimum Gasteiger partial charge on any atom is -0.312 e. The summed E-state index contributed by atoms with van der Waals surface area (Å²) in [5.74, 6) is 0.734. The van der Waals surface area contributed by atoms with Crippen LogP contribution in [0.4, 0.5) is 0 Å². The highest BCUT2D eigenvalue weighted by Crippen LogP contribution is 2.23. The normalized spacial score (nSPS) is 29.3. The quantitative estimate of drug-likeness (QED) is 0.811. The van der Waals surface area contributed by atoms with E-state index in [1.165, 1.54) is 25.8 Å². The lowest BCUT2D eigenvalue weighted by molar-refractivity contribution is 0.0855. The molecule has 0 saturated carbocycles. The van der Waals surface area contributed by atoms with Gasteiger partial charge in [0.05, 0.1) is 0 Å². The predicted molar refractivity (Wildman–Crippen MR) is 76.4 cm³/mol. The van der Waals surface area contributed by atoms with Crippen LogP contribution in [0.5, 0.6) is 0 Å². The SMILES string of the molecule is CC(CNC(C)(C)C)CN1[C@H](C)CCC[C@@H]1C. The molecule has 1 aliphatic heterocycles. The second-order valence-corrected chi connectivity index (χ2v) is 7.06. The van der Waals surface area contributed by atoms with Crippen molar-refractivity contribution in [3.05, 3.63) is 0 Å². The van der Waals surface area contributed by atoms with E-state index in [0.29, 0.717) is 0 Å². The fourth-order valence-electron chi connectivity index (χ4n) is 2.74. The van der Waals surface area contributed by atoms with Gasteiger partial charge in [-0.1, -0.05) is 13.3 Å². The molecule has 1 saturated heterocycles. The number of nitrogens with zero attached hydrogens (tertiary/aromatic N) is 1. The van der Waals surface area contributed by atoms with E-state index in [2.05, 4.69) is 51.8 Å². The van der Waals surface area contributed by atoms with Crippen molar-refractivity contribution in [2.45, 2.75) is 78.4 Å². The highest BCUT2D eigenvalue weighted by atomic mass is 15.2. The molecule has 17 heavy (non-hydrogen) atoms. The van der Waals surface area contributed by atoms with E-state index in [9.17, 15) is 0 Å². The molecule has 2 heteroatoms. The van der Waals surface area contributed by atoms with Crippen LogP contribution in [-0.2, 0) is 0 Å². The van der Waals surface area contributed by atoms with Crippen LogP contribution in [0.25, 0.3) is 0 Å². The van der Waals surface area contributed by atoms with Gasteiger partial charge in [-0.15, -0.1) is 0 Å². The van der Waals surface area contributed by atoms with Gasteiger partial charge in [-0.2, -0.15) is 0 Å². The summed E-state index contributed by atoms with van der Waals surface area (Å²) in [7, 11) is 0. The fourth-order valence-corrected chi connectivity index (χ4v) is 2.74. The zero-order valence-electron chi connectivity index (χ0n) is 12.7. The third kappa shape index (κ3) is 5.39. The largest absolute Gasteiger partial charge is 0.312 e. The standard InChI is InChI=1S/C15H32N2/c1-12(10-16-15(4,5)6)11-17-13(2)8-7-9-14(17)3/h12-14,16H,7-11H2,1-6H3/t12?,13-,14+. The van der Waals surface area contributed by atoms with Gasteiger partial charge in [-0.25, -0.2) is 0 Å². The van der Waals surface area contributed by atoms with Gasteiger partial charge in [0.25, 0.3) is 0 Å². The molecular weight excluding hydrogens is 208 g/mol. The number of rotatable bonds is 4. The Bertz CT molecular complexity index is 209. The van der Waals surface area contributed by atoms with Crippen molar-refractivity contribution >= 4 is 0 Å². The van der Waals surface area contributed by atoms with E-state index in [4.69, 9.17) is 0 Å². The number of piperidine rings is 1. The smallest absolute Gasteiger partial charge is 0.00966 e. The molecule has 0 bridgehead atoms. The molecule has 0 amide bonds. The van der Waals surface area contributed by atoms with Gasteiger partial charge in [0.15, 0.2) is 0 Å². The van der Waals surface area contributed by atoms with Gasteiger partial charge in [-0.05, 0) is 59.9 Å². The van der Waals surface area contributed by atoms with E-state index in [-0.39, 0.29) is 5.54 Å². The molecule has 2 nitrogen and oxygen atoms in total. The van der Waals surface area contributed by atoms with E-state index < -0.39 is 0 Å². The molecule has 1 rings (SSSR count). The van der Waals surface area contributed by atoms with Crippen molar-refractivity contribution in [1.29, 1.82) is 0 Å². The first-order chi connectivity index (χ1) is 7.79. The van der Waals surface area contributed by atoms with Gasteiger partial charge in [-0.3, -0.25) is 4.90 Å². The lowest BCUT2D eigenvalue weighted by Gasteiger charge is -2.40. The lowest BCUT2D eigenvalue weighted by Crippen LogP contribution is -2.48. The van der Waals surface area contributed by atoms with Crippen LogP contribution in [0, 0.1) is 5.92 Å². The molecule has 1 heterocycles. The van der Waals surface area contributed by atoms with Crippen molar-refractivity contribution in [2.24, 2.45) is 5.92 Å². The van der Waals surface area contributed by atoms with Crippen LogP contribution in [0.3, 0.4) is 0 Å². The summed E-state index contributed by atoms with van der Waals surface area (Å²) in [4.78, 5) is 2.71. The van der Waals surface area contributed by atoms with Crippen molar-refractivity contribution in [1.82, 2.24) is 10.2 Å². The first kappa shape index (κ1) is 15.0. The van der Waals surface area contributed by atoms with Crippen molar-refractivity contribution in [3.8, 4) is 0 Å². The minimum absolute atomic E-state index is 0.243. The number of hydrogen-bond acceptors (Lipinski definition) is 2. The van der Waals surface area contributed by atoms with Gasteiger partial charge < -0.3 is 5.32 Å². The van der Waals surface area contributed by atoms with Crippen LogP contribution in [0.2, 0.25) is 0 Å². The van der Waals surface area contributed by atoms with Crippen molar-refractivity contribution in [3.63, 3.8) is 0 Å². The average Bonchev–Trinajstić information content (AvgIpc) is 2.20. The summed E-state index contributed by atoms with van der Waals surface area (Å²) in [5, 5.41) is 3.61. The zero-order valence-corrected chi connectivity index (χ0v) is 12.7. The molecule has 1 aliphatic rings. The van der Waals surface area contributed by atoms with Crippen LogP contribution < -0.4 is 5.32 Å². The number of nitrogens with one attached hydrogen (secondary N) is 1. The average molecular weight is 240 g/mol. The van der Waals surface area contributed by atoms with Gasteiger partial charge in [0.2, 0.25) is 0 Å². The Balaban J connectivity index is 2.36. The second kappa shape index (κ2) is 6.19. The summed E-state index contributed by atoms with van der Waals surface area (Å²) in [6.07, 6.45) is 4.17. The molecule has 3 atom stereocenters. The molecule has 1 unspecified atom stereocenters. The molecule has 0 radical (unpaired) electrons. The Labute approximate surface area is 108 Å². The zero-order chi connectivity index (χ0) is 13.1. The van der Waals surface area contributed by atoms with Crippen LogP contribution in [0.1, 0.15) is 60.8 Å². The molecule has 0 aromatic rings. The highest BCUT2D eigenvalue weighted by Gasteiger charge is 2.25. The van der Waals surface area contributed by atoms with Crippen molar-refractivity contribution in [2.75, 3.05) is 13.1 Å². The maximum Gasteiger partial charge on any atom is 0.00966 e. The summed E-state index contributed by atoms with van der Waals surface area (Å²) in [6.45, 7) is 16.2. The Kier molecular flexibility index (Phi) is 5.46. The number of likely N-dealkylation sites (tertiary alicyclic amines) is 1. The molecule has 0 aliphatic carbocycles. The summed E-state index contributed by atoms with van der Waals surface area (Å²) in [6, 6.07) is 1.55. The van der Waals surface area contributed by atoms with Crippen LogP contribution in [-0.4, -0.2) is 35.6 Å². The molecule has 102 valence electrons. The molecular formula is C15H32N2. The van der Waals surface area contributed by atoms with Gasteiger partial charge >= 0.3 is 0 Å². The Morgan fingerprint density at radius 3 is 2.18 bits per heavy atom. The Hall–Kier alpha value is -0.0800. The summed E-state index contributed by atoms with van der Waals surface area (Å²) < 4.78 is 0. The minimum atomic E-state index is 0.243. The lowest BCUT2D eigenvalue weighted by atomic mass is 9.95.